The molecule has 0 saturated carbocycles. The molecule has 3 aromatic rings. The average molecular weight is 374 g/mol. The Kier molecular flexibility index (Phi) is 5.79. The van der Waals surface area contributed by atoms with Crippen LogP contribution in [0.2, 0.25) is 0 Å². The first-order valence-corrected chi connectivity index (χ1v) is 9.06. The van der Waals surface area contributed by atoms with Crippen molar-refractivity contribution in [2.24, 2.45) is 0 Å². The second-order valence-electron chi connectivity index (χ2n) is 6.43. The normalized spacial score (nSPS) is 10.4. The van der Waals surface area contributed by atoms with Crippen molar-refractivity contribution in [3.8, 4) is 0 Å². The molecule has 0 spiro atoms. The number of ketones is 1. The zero-order chi connectivity index (χ0) is 20.1. The van der Waals surface area contributed by atoms with Gasteiger partial charge in [-0.2, -0.15) is 0 Å². The second-order valence-corrected chi connectivity index (χ2v) is 6.43. The number of amides is 1. The van der Waals surface area contributed by atoms with Gasteiger partial charge in [0.25, 0.3) is 5.91 Å². The lowest BCUT2D eigenvalue weighted by Crippen LogP contribution is -2.20. The van der Waals surface area contributed by atoms with Gasteiger partial charge in [0.05, 0.1) is 0 Å². The fourth-order valence-electron chi connectivity index (χ4n) is 2.87. The maximum atomic E-state index is 12.6. The molecule has 1 heterocycles. The topological polar surface area (TPSA) is 75.2 Å². The van der Waals surface area contributed by atoms with Gasteiger partial charge in [-0.3, -0.25) is 9.59 Å². The summed E-state index contributed by atoms with van der Waals surface area (Å²) in [6, 6.07) is 16.5. The van der Waals surface area contributed by atoms with Crippen molar-refractivity contribution in [2.75, 3.05) is 16.8 Å². The highest BCUT2D eigenvalue weighted by molar-refractivity contribution is 6.03. The summed E-state index contributed by atoms with van der Waals surface area (Å²) in [6.07, 6.45) is 1.39. The summed E-state index contributed by atoms with van der Waals surface area (Å²) in [6.45, 7) is 6.27. The minimum absolute atomic E-state index is 0.0193. The second kappa shape index (κ2) is 8.43. The maximum Gasteiger partial charge on any atom is 0.274 e. The summed E-state index contributed by atoms with van der Waals surface area (Å²) in [7, 11) is 0. The molecule has 0 aliphatic heterocycles. The summed E-state index contributed by atoms with van der Waals surface area (Å²) in [5, 5.41) is 2.80. The highest BCUT2D eigenvalue weighted by Crippen LogP contribution is 2.24. The Morgan fingerprint density at radius 1 is 1.04 bits per heavy atom. The highest BCUT2D eigenvalue weighted by atomic mass is 16.2. The third kappa shape index (κ3) is 4.40. The van der Waals surface area contributed by atoms with Gasteiger partial charge in [-0.25, -0.2) is 9.97 Å². The molecule has 6 heteroatoms. The van der Waals surface area contributed by atoms with E-state index in [0.29, 0.717) is 23.6 Å². The number of anilines is 3. The van der Waals surface area contributed by atoms with Crippen LogP contribution in [0.1, 0.15) is 40.3 Å². The number of hydrogen-bond donors (Lipinski definition) is 1. The van der Waals surface area contributed by atoms with Gasteiger partial charge in [-0.15, -0.1) is 0 Å². The van der Waals surface area contributed by atoms with Crippen molar-refractivity contribution in [3.05, 3.63) is 77.7 Å². The highest BCUT2D eigenvalue weighted by Gasteiger charge is 2.14. The molecule has 0 bridgehead atoms. The van der Waals surface area contributed by atoms with E-state index in [-0.39, 0.29) is 17.4 Å². The molecule has 0 aliphatic rings. The fraction of sp³-hybridized carbons (Fsp3) is 0.182. The lowest BCUT2D eigenvalue weighted by molar-refractivity contribution is 0.101. The van der Waals surface area contributed by atoms with Crippen LogP contribution in [0.3, 0.4) is 0 Å². The van der Waals surface area contributed by atoms with E-state index >= 15 is 0 Å². The maximum absolute atomic E-state index is 12.6. The molecule has 28 heavy (non-hydrogen) atoms. The number of carbonyl (C=O) groups excluding carboxylic acids is 2. The van der Waals surface area contributed by atoms with Gasteiger partial charge in [0, 0.05) is 29.5 Å². The third-order valence-corrected chi connectivity index (χ3v) is 4.34. The van der Waals surface area contributed by atoms with Crippen LogP contribution >= 0.6 is 0 Å². The molecular formula is C22H22N4O2. The van der Waals surface area contributed by atoms with Crippen molar-refractivity contribution in [2.45, 2.75) is 20.8 Å². The van der Waals surface area contributed by atoms with E-state index in [1.807, 2.05) is 36.9 Å². The van der Waals surface area contributed by atoms with E-state index in [9.17, 15) is 9.59 Å². The average Bonchev–Trinajstić information content (AvgIpc) is 2.69. The van der Waals surface area contributed by atoms with Crippen LogP contribution in [0.4, 0.5) is 17.2 Å². The number of aryl methyl sites for hydroxylation is 1. The summed E-state index contributed by atoms with van der Waals surface area (Å²) >= 11 is 0. The Balaban J connectivity index is 1.81. The van der Waals surface area contributed by atoms with Crippen molar-refractivity contribution >= 4 is 28.9 Å². The van der Waals surface area contributed by atoms with Crippen LogP contribution in [0, 0.1) is 6.92 Å². The first kappa shape index (κ1) is 19.2. The van der Waals surface area contributed by atoms with Gasteiger partial charge < -0.3 is 10.2 Å². The van der Waals surface area contributed by atoms with E-state index < -0.39 is 0 Å². The molecule has 6 nitrogen and oxygen atoms in total. The van der Waals surface area contributed by atoms with E-state index in [1.54, 1.807) is 30.3 Å². The van der Waals surface area contributed by atoms with Crippen molar-refractivity contribution in [1.82, 2.24) is 9.97 Å². The van der Waals surface area contributed by atoms with E-state index in [4.69, 9.17) is 0 Å². The van der Waals surface area contributed by atoms with E-state index in [1.165, 1.54) is 13.3 Å². The Bertz CT molecular complexity index is 999. The zero-order valence-electron chi connectivity index (χ0n) is 16.1. The molecule has 1 N–H and O–H groups in total. The van der Waals surface area contributed by atoms with E-state index in [2.05, 4.69) is 21.4 Å². The van der Waals surface area contributed by atoms with Crippen LogP contribution in [0.25, 0.3) is 0 Å². The minimum Gasteiger partial charge on any atom is -0.327 e. The zero-order valence-corrected chi connectivity index (χ0v) is 16.1. The van der Waals surface area contributed by atoms with Gasteiger partial charge in [0.2, 0.25) is 0 Å². The molecule has 0 radical (unpaired) electrons. The van der Waals surface area contributed by atoms with Crippen LogP contribution in [0.15, 0.2) is 60.9 Å². The molecule has 1 aromatic heterocycles. The number of Topliss-reactive ketones (excluding diaryl/α,β-unsaturated/α-hetero) is 1. The number of rotatable bonds is 6. The number of nitrogens with one attached hydrogen (secondary N) is 1. The summed E-state index contributed by atoms with van der Waals surface area (Å²) < 4.78 is 0. The quantitative estimate of drug-likeness (QED) is 0.647. The number of benzene rings is 2. The van der Waals surface area contributed by atoms with Gasteiger partial charge >= 0.3 is 0 Å². The molecule has 1 amide bonds. The van der Waals surface area contributed by atoms with Crippen molar-refractivity contribution in [1.29, 1.82) is 0 Å². The molecule has 2 aromatic carbocycles. The number of nitrogens with zero attached hydrogens (tertiary/aromatic N) is 3. The lowest BCUT2D eigenvalue weighted by atomic mass is 10.1. The summed E-state index contributed by atoms with van der Waals surface area (Å²) in [4.78, 5) is 34.4. The molecule has 142 valence electrons. The van der Waals surface area contributed by atoms with Crippen LogP contribution in [-0.4, -0.2) is 28.2 Å². The predicted octanol–water partition coefficient (Wildman–Crippen LogP) is 4.40. The number of carbonyl (C=O) groups is 2. The largest absolute Gasteiger partial charge is 0.327 e. The van der Waals surface area contributed by atoms with Crippen LogP contribution in [-0.2, 0) is 0 Å². The molecule has 0 aliphatic carbocycles. The predicted molar refractivity (Wildman–Crippen MR) is 110 cm³/mol. The summed E-state index contributed by atoms with van der Waals surface area (Å²) in [5.74, 6) is 0.300. The minimum atomic E-state index is -0.334. The summed E-state index contributed by atoms with van der Waals surface area (Å²) in [5.41, 5.74) is 3.62. The standard InChI is InChI=1S/C22H22N4O2/c1-4-26(19-7-5-6-15(2)12-19)21-13-20(23-14-24-21)22(28)25-18-10-8-17(9-11-18)16(3)27/h5-14H,4H2,1-3H3,(H,25,28). The first-order valence-electron chi connectivity index (χ1n) is 9.06. The Labute approximate surface area is 164 Å². The fourth-order valence-corrected chi connectivity index (χ4v) is 2.87. The van der Waals surface area contributed by atoms with Gasteiger partial charge in [-0.05, 0) is 62.7 Å². The smallest absolute Gasteiger partial charge is 0.274 e. The number of hydrogen-bond acceptors (Lipinski definition) is 5. The molecule has 0 saturated heterocycles. The van der Waals surface area contributed by atoms with Gasteiger partial charge in [0.15, 0.2) is 5.78 Å². The third-order valence-electron chi connectivity index (χ3n) is 4.34. The first-order chi connectivity index (χ1) is 13.5. The Morgan fingerprint density at radius 3 is 2.43 bits per heavy atom. The van der Waals surface area contributed by atoms with Crippen molar-refractivity contribution < 1.29 is 9.59 Å². The number of aromatic nitrogens is 2. The van der Waals surface area contributed by atoms with Gasteiger partial charge in [0.1, 0.15) is 17.8 Å². The Hall–Kier alpha value is -3.54. The van der Waals surface area contributed by atoms with Crippen molar-refractivity contribution in [3.63, 3.8) is 0 Å². The van der Waals surface area contributed by atoms with Crippen LogP contribution < -0.4 is 10.2 Å². The molecule has 0 atom stereocenters. The van der Waals surface area contributed by atoms with Crippen LogP contribution in [0.5, 0.6) is 0 Å². The molecular weight excluding hydrogens is 352 g/mol. The molecule has 0 unspecified atom stereocenters. The Morgan fingerprint density at radius 2 is 1.79 bits per heavy atom. The van der Waals surface area contributed by atoms with Gasteiger partial charge in [-0.1, -0.05) is 12.1 Å². The van der Waals surface area contributed by atoms with E-state index in [0.717, 1.165) is 11.3 Å². The molecule has 0 fully saturated rings. The SMILES string of the molecule is CCN(c1cccc(C)c1)c1cc(C(=O)Nc2ccc(C(C)=O)cc2)ncn1. The monoisotopic (exact) mass is 374 g/mol. The molecule has 3 rings (SSSR count). The lowest BCUT2D eigenvalue weighted by Gasteiger charge is -2.22.